The molecule has 72 valence electrons. The number of nitrogens with one attached hydrogen (secondary N) is 1. The fourth-order valence-corrected chi connectivity index (χ4v) is 1.95. The molecule has 1 unspecified atom stereocenters. The van der Waals surface area contributed by atoms with Gasteiger partial charge in [-0.15, -0.1) is 0 Å². The summed E-state index contributed by atoms with van der Waals surface area (Å²) in [6.07, 6.45) is 2.75. The third-order valence-electron chi connectivity index (χ3n) is 1.89. The molecule has 1 nitrogen and oxygen atoms in total. The average Bonchev–Trinajstić information content (AvgIpc) is 2.36. The van der Waals surface area contributed by atoms with E-state index >= 15 is 0 Å². The first kappa shape index (κ1) is 10.2. The quantitative estimate of drug-likeness (QED) is 0.749. The van der Waals surface area contributed by atoms with Gasteiger partial charge in [0.05, 0.1) is 0 Å². The van der Waals surface area contributed by atoms with E-state index in [1.165, 1.54) is 0 Å². The predicted molar refractivity (Wildman–Crippen MR) is 44.2 cm³/mol. The summed E-state index contributed by atoms with van der Waals surface area (Å²) < 4.78 is 35.0. The number of alkyl halides is 3. The summed E-state index contributed by atoms with van der Waals surface area (Å²) in [5.41, 5.74) is -4.06. The highest BCUT2D eigenvalue weighted by atomic mass is 32.2. The van der Waals surface area contributed by atoms with Crippen LogP contribution in [0.15, 0.2) is 0 Å². The Hall–Kier alpha value is 0.1000. The molecule has 1 atom stereocenters. The van der Waals surface area contributed by atoms with Crippen LogP contribution in [0.3, 0.4) is 0 Å². The van der Waals surface area contributed by atoms with Crippen LogP contribution in [0.25, 0.3) is 0 Å². The summed E-state index contributed by atoms with van der Waals surface area (Å²) in [5.74, 6) is 0.182. The Balaban J connectivity index is 2.02. The number of halogens is 3. The van der Waals surface area contributed by atoms with Gasteiger partial charge in [-0.05, 0) is 25.8 Å². The molecule has 0 aliphatic carbocycles. The maximum absolute atomic E-state index is 11.7. The van der Waals surface area contributed by atoms with E-state index in [9.17, 15) is 13.2 Å². The topological polar surface area (TPSA) is 12.0 Å². The van der Waals surface area contributed by atoms with Gasteiger partial charge in [-0.1, -0.05) is 11.8 Å². The molecule has 1 fully saturated rings. The SMILES string of the molecule is FC(F)(F)SCCC1CCCN1. The molecule has 5 heteroatoms. The van der Waals surface area contributed by atoms with E-state index in [2.05, 4.69) is 5.32 Å². The first-order valence-corrected chi connectivity index (χ1v) is 5.00. The maximum Gasteiger partial charge on any atom is 0.441 e. The molecule has 1 rings (SSSR count). The van der Waals surface area contributed by atoms with E-state index < -0.39 is 5.51 Å². The molecular weight excluding hydrogens is 187 g/mol. The van der Waals surface area contributed by atoms with Crippen LogP contribution in [-0.2, 0) is 0 Å². The van der Waals surface area contributed by atoms with E-state index in [-0.39, 0.29) is 17.5 Å². The highest BCUT2D eigenvalue weighted by Gasteiger charge is 2.28. The Bertz CT molecular complexity index is 131. The average molecular weight is 199 g/mol. The molecule has 0 aromatic rings. The third-order valence-corrected chi connectivity index (χ3v) is 2.66. The van der Waals surface area contributed by atoms with E-state index in [0.29, 0.717) is 12.5 Å². The normalized spacial score (nSPS) is 24.8. The minimum Gasteiger partial charge on any atom is -0.314 e. The minimum atomic E-state index is -4.06. The first-order chi connectivity index (χ1) is 5.58. The van der Waals surface area contributed by atoms with Gasteiger partial charge in [0, 0.05) is 11.8 Å². The monoisotopic (exact) mass is 199 g/mol. The number of hydrogen-bond donors (Lipinski definition) is 1. The van der Waals surface area contributed by atoms with Crippen molar-refractivity contribution < 1.29 is 13.2 Å². The lowest BCUT2D eigenvalue weighted by Gasteiger charge is -2.10. The summed E-state index contributed by atoms with van der Waals surface area (Å²) in [6, 6.07) is 0.319. The van der Waals surface area contributed by atoms with Crippen molar-refractivity contribution in [3.8, 4) is 0 Å². The molecule has 0 spiro atoms. The first-order valence-electron chi connectivity index (χ1n) is 4.02. The predicted octanol–water partition coefficient (Wildman–Crippen LogP) is 2.38. The van der Waals surface area contributed by atoms with Gasteiger partial charge in [-0.2, -0.15) is 13.2 Å². The van der Waals surface area contributed by atoms with Crippen LogP contribution in [0.5, 0.6) is 0 Å². The van der Waals surface area contributed by atoms with Crippen LogP contribution in [0.4, 0.5) is 13.2 Å². The lowest BCUT2D eigenvalue weighted by Crippen LogP contribution is -2.22. The lowest BCUT2D eigenvalue weighted by atomic mass is 10.2. The second-order valence-electron chi connectivity index (χ2n) is 2.88. The molecule has 0 bridgehead atoms. The fraction of sp³-hybridized carbons (Fsp3) is 1.00. The zero-order chi connectivity index (χ0) is 9.03. The van der Waals surface area contributed by atoms with E-state index in [4.69, 9.17) is 0 Å². The molecular formula is C7H12F3NS. The Morgan fingerprint density at radius 3 is 2.67 bits per heavy atom. The van der Waals surface area contributed by atoms with Crippen molar-refractivity contribution in [2.24, 2.45) is 0 Å². The van der Waals surface area contributed by atoms with Crippen molar-refractivity contribution in [1.29, 1.82) is 0 Å². The molecule has 12 heavy (non-hydrogen) atoms. The molecule has 0 radical (unpaired) electrons. The molecule has 1 N–H and O–H groups in total. The van der Waals surface area contributed by atoms with Crippen LogP contribution in [0, 0.1) is 0 Å². The fourth-order valence-electron chi connectivity index (χ4n) is 1.32. The molecule has 1 saturated heterocycles. The number of hydrogen-bond acceptors (Lipinski definition) is 2. The number of thioether (sulfide) groups is 1. The molecule has 0 aromatic carbocycles. The van der Waals surface area contributed by atoms with Gasteiger partial charge in [-0.3, -0.25) is 0 Å². The smallest absolute Gasteiger partial charge is 0.314 e. The summed E-state index contributed by atoms with van der Waals surface area (Å²) >= 11 is 0.0804. The second kappa shape index (κ2) is 4.37. The maximum atomic E-state index is 11.7. The van der Waals surface area contributed by atoms with Crippen molar-refractivity contribution in [1.82, 2.24) is 5.32 Å². The van der Waals surface area contributed by atoms with Gasteiger partial charge in [0.15, 0.2) is 0 Å². The highest BCUT2D eigenvalue weighted by molar-refractivity contribution is 8.00. The van der Waals surface area contributed by atoms with E-state index in [0.717, 1.165) is 19.4 Å². The molecule has 1 aliphatic heterocycles. The summed E-state index contributed by atoms with van der Waals surface area (Å²) in [7, 11) is 0. The van der Waals surface area contributed by atoms with Crippen molar-refractivity contribution in [2.45, 2.75) is 30.8 Å². The summed E-state index contributed by atoms with van der Waals surface area (Å²) in [6.45, 7) is 0.960. The van der Waals surface area contributed by atoms with Crippen molar-refractivity contribution in [2.75, 3.05) is 12.3 Å². The van der Waals surface area contributed by atoms with Gasteiger partial charge in [-0.25, -0.2) is 0 Å². The van der Waals surface area contributed by atoms with Gasteiger partial charge in [0.2, 0.25) is 0 Å². The third kappa shape index (κ3) is 4.21. The second-order valence-corrected chi connectivity index (χ2v) is 4.04. The summed E-state index contributed by atoms with van der Waals surface area (Å²) in [4.78, 5) is 0. The van der Waals surface area contributed by atoms with E-state index in [1.807, 2.05) is 0 Å². The lowest BCUT2D eigenvalue weighted by molar-refractivity contribution is -0.0328. The zero-order valence-corrected chi connectivity index (χ0v) is 7.47. The zero-order valence-electron chi connectivity index (χ0n) is 6.66. The molecule has 0 saturated carbocycles. The largest absolute Gasteiger partial charge is 0.441 e. The van der Waals surface area contributed by atoms with Crippen LogP contribution in [0.1, 0.15) is 19.3 Å². The van der Waals surface area contributed by atoms with Crippen LogP contribution in [0.2, 0.25) is 0 Å². The Kier molecular flexibility index (Phi) is 3.71. The van der Waals surface area contributed by atoms with Gasteiger partial charge < -0.3 is 5.32 Å². The highest BCUT2D eigenvalue weighted by Crippen LogP contribution is 2.31. The van der Waals surface area contributed by atoms with Gasteiger partial charge in [0.1, 0.15) is 0 Å². The molecule has 1 aliphatic rings. The van der Waals surface area contributed by atoms with Crippen LogP contribution >= 0.6 is 11.8 Å². The number of rotatable bonds is 3. The van der Waals surface area contributed by atoms with Crippen LogP contribution in [-0.4, -0.2) is 23.8 Å². The van der Waals surface area contributed by atoms with E-state index in [1.54, 1.807) is 0 Å². The standard InChI is InChI=1S/C7H12F3NS/c8-7(9,10)12-5-3-6-2-1-4-11-6/h6,11H,1-5H2. The van der Waals surface area contributed by atoms with Crippen molar-refractivity contribution in [3.63, 3.8) is 0 Å². The minimum absolute atomic E-state index is 0.0804. The Morgan fingerprint density at radius 2 is 2.17 bits per heavy atom. The van der Waals surface area contributed by atoms with Crippen molar-refractivity contribution in [3.05, 3.63) is 0 Å². The van der Waals surface area contributed by atoms with Crippen LogP contribution < -0.4 is 5.32 Å². The molecule has 0 aromatic heterocycles. The van der Waals surface area contributed by atoms with Gasteiger partial charge >= 0.3 is 5.51 Å². The van der Waals surface area contributed by atoms with Crippen molar-refractivity contribution >= 4 is 11.8 Å². The molecule has 0 amide bonds. The Labute approximate surface area is 74.1 Å². The van der Waals surface area contributed by atoms with Gasteiger partial charge in [0.25, 0.3) is 0 Å². The molecule has 1 heterocycles. The Morgan fingerprint density at radius 1 is 1.42 bits per heavy atom. The summed E-state index contributed by atoms with van der Waals surface area (Å²) in [5, 5.41) is 3.16.